The second-order valence-corrected chi connectivity index (χ2v) is 4.90. The Kier molecular flexibility index (Phi) is 4.76. The normalized spacial score (nSPS) is 12.2. The van der Waals surface area contributed by atoms with Crippen LogP contribution in [0.4, 0.5) is 0 Å². The van der Waals surface area contributed by atoms with Gasteiger partial charge in [0.05, 0.1) is 12.3 Å². The molecule has 0 saturated carbocycles. The molecule has 0 spiro atoms. The minimum atomic E-state index is -0.273. The molecule has 106 valence electrons. The minimum Gasteiger partial charge on any atom is -0.493 e. The summed E-state index contributed by atoms with van der Waals surface area (Å²) in [5.74, 6) is 1.25. The molecule has 0 aliphatic rings. The van der Waals surface area contributed by atoms with Crippen LogP contribution in [-0.4, -0.2) is 16.6 Å². The average Bonchev–Trinajstić information content (AvgIpc) is 2.38. The molecule has 0 saturated heterocycles. The highest BCUT2D eigenvalue weighted by atomic mass is 35.5. The van der Waals surface area contributed by atoms with Crippen molar-refractivity contribution >= 4 is 11.6 Å². The van der Waals surface area contributed by atoms with E-state index in [2.05, 4.69) is 9.97 Å². The van der Waals surface area contributed by atoms with Crippen molar-refractivity contribution in [3.63, 3.8) is 0 Å². The molecule has 1 unspecified atom stereocenters. The van der Waals surface area contributed by atoms with E-state index in [9.17, 15) is 4.79 Å². The molecule has 6 heteroatoms. The van der Waals surface area contributed by atoms with Crippen LogP contribution in [0.3, 0.4) is 0 Å². The monoisotopic (exact) mass is 293 g/mol. The summed E-state index contributed by atoms with van der Waals surface area (Å²) in [7, 11) is 0. The predicted octanol–water partition coefficient (Wildman–Crippen LogP) is 2.06. The van der Waals surface area contributed by atoms with Gasteiger partial charge in [-0.2, -0.15) is 0 Å². The molecule has 20 heavy (non-hydrogen) atoms. The van der Waals surface area contributed by atoms with Crippen LogP contribution in [0, 0.1) is 0 Å². The van der Waals surface area contributed by atoms with E-state index in [1.165, 1.54) is 6.07 Å². The zero-order valence-electron chi connectivity index (χ0n) is 11.1. The molecule has 0 amide bonds. The highest BCUT2D eigenvalue weighted by Crippen LogP contribution is 2.17. The van der Waals surface area contributed by atoms with E-state index in [4.69, 9.17) is 22.1 Å². The van der Waals surface area contributed by atoms with Gasteiger partial charge in [0.25, 0.3) is 5.56 Å². The zero-order chi connectivity index (χ0) is 14.5. The van der Waals surface area contributed by atoms with Gasteiger partial charge >= 0.3 is 0 Å². The van der Waals surface area contributed by atoms with Crippen molar-refractivity contribution < 1.29 is 4.74 Å². The molecule has 0 aliphatic carbocycles. The molecule has 1 aromatic heterocycles. The molecule has 0 bridgehead atoms. The van der Waals surface area contributed by atoms with E-state index in [1.54, 1.807) is 19.1 Å². The lowest BCUT2D eigenvalue weighted by Crippen LogP contribution is -2.18. The summed E-state index contributed by atoms with van der Waals surface area (Å²) >= 11 is 5.86. The Labute approximate surface area is 121 Å². The molecule has 1 heterocycles. The van der Waals surface area contributed by atoms with E-state index >= 15 is 0 Å². The third-order valence-corrected chi connectivity index (χ3v) is 2.92. The number of halogens is 1. The molecule has 1 aromatic carbocycles. The number of hydrogen-bond donors (Lipinski definition) is 2. The van der Waals surface area contributed by atoms with Crippen LogP contribution >= 0.6 is 11.6 Å². The summed E-state index contributed by atoms with van der Waals surface area (Å²) in [6.45, 7) is 2.18. The zero-order valence-corrected chi connectivity index (χ0v) is 11.9. The smallest absolute Gasteiger partial charge is 0.251 e. The molecule has 3 N–H and O–H groups in total. The van der Waals surface area contributed by atoms with Crippen molar-refractivity contribution in [1.29, 1.82) is 0 Å². The summed E-state index contributed by atoms with van der Waals surface area (Å²) in [5.41, 5.74) is 6.10. The third kappa shape index (κ3) is 4.08. The highest BCUT2D eigenvalue weighted by Gasteiger charge is 2.05. The van der Waals surface area contributed by atoms with E-state index in [-0.39, 0.29) is 11.6 Å². The maximum absolute atomic E-state index is 11.5. The SMILES string of the molecule is CC(N)c1cc(=O)[nH]c(CCOc2cccc(Cl)c2)n1. The summed E-state index contributed by atoms with van der Waals surface area (Å²) in [6, 6.07) is 8.28. The van der Waals surface area contributed by atoms with Gasteiger partial charge in [-0.3, -0.25) is 4.79 Å². The highest BCUT2D eigenvalue weighted by molar-refractivity contribution is 6.30. The van der Waals surface area contributed by atoms with Crippen molar-refractivity contribution in [2.24, 2.45) is 5.73 Å². The second kappa shape index (κ2) is 6.54. The van der Waals surface area contributed by atoms with Gasteiger partial charge in [-0.1, -0.05) is 17.7 Å². The Bertz CT molecular complexity index is 640. The summed E-state index contributed by atoms with van der Waals surface area (Å²) in [5, 5.41) is 0.619. The number of H-pyrrole nitrogens is 1. The van der Waals surface area contributed by atoms with Crippen LogP contribution in [0.2, 0.25) is 5.02 Å². The Hall–Kier alpha value is -1.85. The lowest BCUT2D eigenvalue weighted by molar-refractivity contribution is 0.318. The van der Waals surface area contributed by atoms with Gasteiger partial charge in [0.2, 0.25) is 0 Å². The van der Waals surface area contributed by atoms with Crippen LogP contribution < -0.4 is 16.0 Å². The number of nitrogens with one attached hydrogen (secondary N) is 1. The molecule has 0 aliphatic heterocycles. The number of rotatable bonds is 5. The number of aromatic amines is 1. The van der Waals surface area contributed by atoms with E-state index in [0.29, 0.717) is 35.3 Å². The molecular weight excluding hydrogens is 278 g/mol. The third-order valence-electron chi connectivity index (χ3n) is 2.68. The topological polar surface area (TPSA) is 81.0 Å². The van der Waals surface area contributed by atoms with Crippen molar-refractivity contribution in [3.8, 4) is 5.75 Å². The summed E-state index contributed by atoms with van der Waals surface area (Å²) in [4.78, 5) is 18.5. The predicted molar refractivity (Wildman–Crippen MR) is 78.1 cm³/mol. The molecule has 2 aromatic rings. The number of hydrogen-bond acceptors (Lipinski definition) is 4. The van der Waals surface area contributed by atoms with Crippen molar-refractivity contribution in [2.75, 3.05) is 6.61 Å². The standard InChI is InChI=1S/C14H16ClN3O2/c1-9(16)12-8-14(19)18-13(17-12)5-6-20-11-4-2-3-10(15)7-11/h2-4,7-9H,5-6,16H2,1H3,(H,17,18,19). The van der Waals surface area contributed by atoms with E-state index in [0.717, 1.165) is 0 Å². The quantitative estimate of drug-likeness (QED) is 0.884. The summed E-state index contributed by atoms with van der Waals surface area (Å²) < 4.78 is 5.55. The number of ether oxygens (including phenoxy) is 1. The van der Waals surface area contributed by atoms with E-state index in [1.807, 2.05) is 12.1 Å². The second-order valence-electron chi connectivity index (χ2n) is 4.46. The first-order valence-corrected chi connectivity index (χ1v) is 6.66. The van der Waals surface area contributed by atoms with Gasteiger partial charge in [0.1, 0.15) is 11.6 Å². The minimum absolute atomic E-state index is 0.204. The molecule has 2 rings (SSSR count). The van der Waals surface area contributed by atoms with Crippen LogP contribution in [0.15, 0.2) is 35.1 Å². The van der Waals surface area contributed by atoms with Crippen molar-refractivity contribution in [1.82, 2.24) is 9.97 Å². The number of nitrogens with zero attached hydrogens (tertiary/aromatic N) is 1. The lowest BCUT2D eigenvalue weighted by atomic mass is 10.2. The summed E-state index contributed by atoms with van der Waals surface area (Å²) in [6.07, 6.45) is 0.488. The van der Waals surface area contributed by atoms with Gasteiger partial charge in [-0.05, 0) is 25.1 Å². The number of benzene rings is 1. The van der Waals surface area contributed by atoms with Gasteiger partial charge in [-0.25, -0.2) is 4.98 Å². The Balaban J connectivity index is 1.99. The maximum Gasteiger partial charge on any atom is 0.251 e. The van der Waals surface area contributed by atoms with Crippen LogP contribution in [0.25, 0.3) is 0 Å². The first kappa shape index (κ1) is 14.6. The van der Waals surface area contributed by atoms with Crippen LogP contribution in [-0.2, 0) is 6.42 Å². The fourth-order valence-electron chi connectivity index (χ4n) is 1.70. The fraction of sp³-hybridized carbons (Fsp3) is 0.286. The Morgan fingerprint density at radius 2 is 2.25 bits per heavy atom. The fourth-order valence-corrected chi connectivity index (χ4v) is 1.88. The van der Waals surface area contributed by atoms with Crippen molar-refractivity contribution in [3.05, 3.63) is 57.2 Å². The first-order chi connectivity index (χ1) is 9.54. The number of nitrogens with two attached hydrogens (primary N) is 1. The van der Waals surface area contributed by atoms with Gasteiger partial charge in [0, 0.05) is 23.6 Å². The van der Waals surface area contributed by atoms with E-state index < -0.39 is 0 Å². The van der Waals surface area contributed by atoms with Crippen LogP contribution in [0.5, 0.6) is 5.75 Å². The number of aromatic nitrogens is 2. The van der Waals surface area contributed by atoms with Gasteiger partial charge < -0.3 is 15.5 Å². The Morgan fingerprint density at radius 1 is 1.45 bits per heavy atom. The first-order valence-electron chi connectivity index (χ1n) is 6.28. The molecular formula is C14H16ClN3O2. The molecule has 0 fully saturated rings. The molecule has 1 atom stereocenters. The van der Waals surface area contributed by atoms with Gasteiger partial charge in [0.15, 0.2) is 0 Å². The van der Waals surface area contributed by atoms with Crippen molar-refractivity contribution in [2.45, 2.75) is 19.4 Å². The average molecular weight is 294 g/mol. The van der Waals surface area contributed by atoms with Crippen LogP contribution in [0.1, 0.15) is 24.5 Å². The molecule has 5 nitrogen and oxygen atoms in total. The largest absolute Gasteiger partial charge is 0.493 e. The molecule has 0 radical (unpaired) electrons. The maximum atomic E-state index is 11.5. The lowest BCUT2D eigenvalue weighted by Gasteiger charge is -2.08. The van der Waals surface area contributed by atoms with Gasteiger partial charge in [-0.15, -0.1) is 0 Å². The Morgan fingerprint density at radius 3 is 2.95 bits per heavy atom.